The van der Waals surface area contributed by atoms with Crippen LogP contribution in [-0.4, -0.2) is 43.5 Å². The van der Waals surface area contributed by atoms with Crippen LogP contribution in [0.4, 0.5) is 0 Å². The highest BCUT2D eigenvalue weighted by Gasteiger charge is 2.56. The lowest BCUT2D eigenvalue weighted by Crippen LogP contribution is -2.59. The highest BCUT2D eigenvalue weighted by molar-refractivity contribution is 5.92. The summed E-state index contributed by atoms with van der Waals surface area (Å²) in [6, 6.07) is 0. The molecule has 1 saturated heterocycles. The molecule has 1 unspecified atom stereocenters. The minimum Gasteiger partial charge on any atom is -0.462 e. The fourth-order valence-corrected chi connectivity index (χ4v) is 7.26. The monoisotopic (exact) mass is 708 g/mol. The second kappa shape index (κ2) is 34.9. The first kappa shape index (κ1) is 46.9. The molecule has 1 aliphatic rings. The van der Waals surface area contributed by atoms with Crippen molar-refractivity contribution < 1.29 is 23.8 Å². The molecular weight excluding hydrogens is 622 g/mol. The van der Waals surface area contributed by atoms with Crippen molar-refractivity contribution in [2.75, 3.05) is 19.8 Å². The zero-order valence-electron chi connectivity index (χ0n) is 33.8. The maximum absolute atomic E-state index is 13.2. The van der Waals surface area contributed by atoms with Gasteiger partial charge in [-0.2, -0.15) is 0 Å². The number of unbranched alkanes of at least 4 members (excludes halogenated alkanes) is 30. The molecule has 2 atom stereocenters. The summed E-state index contributed by atoms with van der Waals surface area (Å²) in [4.78, 5) is 25.8. The Morgan fingerprint density at radius 2 is 0.840 bits per heavy atom. The van der Waals surface area contributed by atoms with Crippen LogP contribution in [-0.2, 0) is 23.8 Å². The smallest absolute Gasteiger partial charge is 0.362 e. The van der Waals surface area contributed by atoms with E-state index >= 15 is 0 Å². The van der Waals surface area contributed by atoms with E-state index in [0.29, 0.717) is 19.8 Å². The fourth-order valence-electron chi connectivity index (χ4n) is 7.26. The van der Waals surface area contributed by atoms with Gasteiger partial charge < -0.3 is 19.5 Å². The van der Waals surface area contributed by atoms with Crippen molar-refractivity contribution in [3.05, 3.63) is 0 Å². The summed E-state index contributed by atoms with van der Waals surface area (Å²) in [6.07, 6.45) is 42.4. The molecule has 1 heterocycles. The van der Waals surface area contributed by atoms with E-state index in [4.69, 9.17) is 14.2 Å². The van der Waals surface area contributed by atoms with Gasteiger partial charge in [-0.1, -0.05) is 213 Å². The van der Waals surface area contributed by atoms with Crippen LogP contribution < -0.4 is 5.32 Å². The van der Waals surface area contributed by atoms with Crippen LogP contribution in [0.1, 0.15) is 239 Å². The van der Waals surface area contributed by atoms with E-state index in [0.717, 1.165) is 32.1 Å². The number of hydrogen-bond acceptors (Lipinski definition) is 5. The molecule has 0 aromatic carbocycles. The Balaban J connectivity index is 2.17. The van der Waals surface area contributed by atoms with Crippen LogP contribution in [0.25, 0.3) is 0 Å². The van der Waals surface area contributed by atoms with Crippen LogP contribution in [0.5, 0.6) is 0 Å². The van der Waals surface area contributed by atoms with Gasteiger partial charge in [0.15, 0.2) is 0 Å². The summed E-state index contributed by atoms with van der Waals surface area (Å²) in [6.45, 7) is 7.79. The van der Waals surface area contributed by atoms with E-state index in [1.54, 1.807) is 0 Å². The number of carbonyl (C=O) groups is 2. The van der Waals surface area contributed by atoms with E-state index in [-0.39, 0.29) is 12.3 Å². The summed E-state index contributed by atoms with van der Waals surface area (Å²) in [5.41, 5.74) is -1.52. The summed E-state index contributed by atoms with van der Waals surface area (Å²) in [5, 5.41) is 2.83. The van der Waals surface area contributed by atoms with E-state index < -0.39 is 17.8 Å². The Labute approximate surface area is 311 Å². The topological polar surface area (TPSA) is 73.9 Å². The van der Waals surface area contributed by atoms with E-state index in [2.05, 4.69) is 19.2 Å². The molecule has 6 nitrogen and oxygen atoms in total. The minimum absolute atomic E-state index is 0.138. The molecule has 0 radical (unpaired) electrons. The highest BCUT2D eigenvalue weighted by atomic mass is 16.6. The molecular formula is C44H85NO5. The van der Waals surface area contributed by atoms with Crippen molar-refractivity contribution in [2.45, 2.75) is 251 Å². The van der Waals surface area contributed by atoms with Crippen LogP contribution in [0.15, 0.2) is 0 Å². The second-order valence-corrected chi connectivity index (χ2v) is 15.4. The normalized spacial score (nSPS) is 17.4. The summed E-state index contributed by atoms with van der Waals surface area (Å²) < 4.78 is 17.9. The molecule has 50 heavy (non-hydrogen) atoms. The number of amides is 1. The van der Waals surface area contributed by atoms with Gasteiger partial charge in [-0.3, -0.25) is 4.79 Å². The summed E-state index contributed by atoms with van der Waals surface area (Å²) in [5.74, 6) is -0.721. The maximum Gasteiger partial charge on any atom is 0.362 e. The lowest BCUT2D eigenvalue weighted by molar-refractivity contribution is -0.196. The van der Waals surface area contributed by atoms with Gasteiger partial charge in [0.1, 0.15) is 6.10 Å². The average Bonchev–Trinajstić information content (AvgIpc) is 3.45. The van der Waals surface area contributed by atoms with E-state index in [1.807, 2.05) is 6.92 Å². The first-order chi connectivity index (χ1) is 24.6. The molecule has 0 aromatic heterocycles. The quantitative estimate of drug-likeness (QED) is 0.0508. The van der Waals surface area contributed by atoms with Gasteiger partial charge >= 0.3 is 5.97 Å². The Morgan fingerprint density at radius 1 is 0.500 bits per heavy atom. The van der Waals surface area contributed by atoms with Gasteiger partial charge in [-0.25, -0.2) is 4.79 Å². The highest BCUT2D eigenvalue weighted by Crippen LogP contribution is 2.28. The van der Waals surface area contributed by atoms with Crippen LogP contribution in [0.2, 0.25) is 0 Å². The third-order valence-electron chi connectivity index (χ3n) is 10.5. The van der Waals surface area contributed by atoms with Crippen molar-refractivity contribution in [2.24, 2.45) is 0 Å². The molecule has 0 saturated carbocycles. The van der Waals surface area contributed by atoms with E-state index in [1.165, 1.54) is 180 Å². The van der Waals surface area contributed by atoms with Crippen LogP contribution in [0.3, 0.4) is 0 Å². The van der Waals surface area contributed by atoms with Gasteiger partial charge in [-0.05, 0) is 19.3 Å². The summed E-state index contributed by atoms with van der Waals surface area (Å²) >= 11 is 0. The van der Waals surface area contributed by atoms with Crippen LogP contribution >= 0.6 is 0 Å². The molecule has 296 valence electrons. The van der Waals surface area contributed by atoms with Gasteiger partial charge in [0, 0.05) is 6.61 Å². The molecule has 6 heteroatoms. The van der Waals surface area contributed by atoms with E-state index in [9.17, 15) is 9.59 Å². The molecule has 0 aromatic rings. The van der Waals surface area contributed by atoms with Gasteiger partial charge in [0.2, 0.25) is 5.91 Å². The average molecular weight is 708 g/mol. The zero-order chi connectivity index (χ0) is 36.2. The zero-order valence-corrected chi connectivity index (χ0v) is 33.8. The SMILES string of the molecule is CCCCCCCCCCCCCCCCCCOC1CC(=O)N[C@]1(OCCCCCCCCCCCCCCCCCC)C(=O)OCCC. The van der Waals surface area contributed by atoms with Crippen molar-refractivity contribution in [1.29, 1.82) is 0 Å². The number of carbonyl (C=O) groups excluding carboxylic acids is 2. The lowest BCUT2D eigenvalue weighted by Gasteiger charge is -2.32. The molecule has 1 amide bonds. The fraction of sp³-hybridized carbons (Fsp3) is 0.955. The Kier molecular flexibility index (Phi) is 32.7. The van der Waals surface area contributed by atoms with Crippen molar-refractivity contribution in [3.63, 3.8) is 0 Å². The number of ether oxygens (including phenoxy) is 3. The minimum atomic E-state index is -1.52. The number of hydrogen-bond donors (Lipinski definition) is 1. The van der Waals surface area contributed by atoms with Gasteiger partial charge in [0.05, 0.1) is 19.6 Å². The second-order valence-electron chi connectivity index (χ2n) is 15.4. The predicted octanol–water partition coefficient (Wildman–Crippen LogP) is 13.1. The third kappa shape index (κ3) is 24.9. The Hall–Kier alpha value is -1.14. The number of nitrogens with one attached hydrogen (secondary N) is 1. The number of esters is 1. The van der Waals surface area contributed by atoms with Crippen molar-refractivity contribution in [1.82, 2.24) is 5.32 Å². The molecule has 0 spiro atoms. The third-order valence-corrected chi connectivity index (χ3v) is 10.5. The Bertz CT molecular complexity index is 761. The molecule has 0 aliphatic carbocycles. The lowest BCUT2D eigenvalue weighted by atomic mass is 10.0. The molecule has 1 fully saturated rings. The standard InChI is InChI=1S/C44H85NO5/c1-4-7-9-11-13-15-17-19-21-23-25-27-29-31-33-35-38-48-41-40-42(46)45-44(41,43(47)49-37-6-3)50-39-36-34-32-30-28-26-24-22-20-18-16-14-12-10-8-5-2/h41H,4-40H2,1-3H3,(H,45,46)/t41?,44-/m1/s1. The van der Waals surface area contributed by atoms with Crippen LogP contribution in [0, 0.1) is 0 Å². The predicted molar refractivity (Wildman–Crippen MR) is 212 cm³/mol. The van der Waals surface area contributed by atoms with Crippen molar-refractivity contribution in [3.8, 4) is 0 Å². The maximum atomic E-state index is 13.2. The van der Waals surface area contributed by atoms with Crippen molar-refractivity contribution >= 4 is 11.9 Å². The first-order valence-corrected chi connectivity index (χ1v) is 22.3. The number of rotatable bonds is 39. The molecule has 1 N–H and O–H groups in total. The summed E-state index contributed by atoms with van der Waals surface area (Å²) in [7, 11) is 0. The van der Waals surface area contributed by atoms with Gasteiger partial charge in [0.25, 0.3) is 5.72 Å². The Morgan fingerprint density at radius 3 is 1.20 bits per heavy atom. The molecule has 0 bridgehead atoms. The first-order valence-electron chi connectivity index (χ1n) is 22.3. The molecule has 1 rings (SSSR count). The molecule has 1 aliphatic heterocycles. The van der Waals surface area contributed by atoms with Gasteiger partial charge in [-0.15, -0.1) is 0 Å². The largest absolute Gasteiger partial charge is 0.462 e.